The van der Waals surface area contributed by atoms with Crippen molar-refractivity contribution in [3.05, 3.63) is 0 Å². The van der Waals surface area contributed by atoms with Gasteiger partial charge >= 0.3 is 6.18 Å². The van der Waals surface area contributed by atoms with Crippen molar-refractivity contribution in [2.75, 3.05) is 45.8 Å². The van der Waals surface area contributed by atoms with Crippen molar-refractivity contribution in [2.45, 2.75) is 25.4 Å². The molecule has 116 valence electrons. The smallest absolute Gasteiger partial charge is 0.340 e. The van der Waals surface area contributed by atoms with Crippen LogP contribution in [0, 0.1) is 5.92 Å². The molecular formula is C13H22F3N3O. The monoisotopic (exact) mass is 293 g/mol. The van der Waals surface area contributed by atoms with Crippen LogP contribution in [0.25, 0.3) is 0 Å². The lowest BCUT2D eigenvalue weighted by molar-refractivity contribution is -0.152. The predicted molar refractivity (Wildman–Crippen MR) is 69.3 cm³/mol. The number of carbonyl (C=O) groups is 1. The fourth-order valence-corrected chi connectivity index (χ4v) is 2.88. The maximum Gasteiger partial charge on any atom is 0.401 e. The van der Waals surface area contributed by atoms with Gasteiger partial charge in [0, 0.05) is 32.6 Å². The Morgan fingerprint density at radius 1 is 1.20 bits per heavy atom. The molecule has 1 unspecified atom stereocenters. The largest absolute Gasteiger partial charge is 0.401 e. The fraction of sp³-hybridized carbons (Fsp3) is 0.923. The maximum atomic E-state index is 12.3. The molecule has 7 heteroatoms. The number of nitrogens with zero attached hydrogens (tertiary/aromatic N) is 2. The van der Waals surface area contributed by atoms with E-state index in [1.165, 1.54) is 4.90 Å². The van der Waals surface area contributed by atoms with E-state index in [2.05, 4.69) is 5.32 Å². The van der Waals surface area contributed by atoms with Crippen LogP contribution >= 0.6 is 0 Å². The molecule has 2 saturated heterocycles. The molecule has 0 aromatic carbocycles. The van der Waals surface area contributed by atoms with Gasteiger partial charge in [-0.05, 0) is 31.8 Å². The molecule has 2 rings (SSSR count). The molecule has 0 aromatic heterocycles. The van der Waals surface area contributed by atoms with Gasteiger partial charge < -0.3 is 10.2 Å². The molecule has 4 nitrogen and oxygen atoms in total. The number of piperazine rings is 1. The second-order valence-electron chi connectivity index (χ2n) is 5.69. The Morgan fingerprint density at radius 2 is 1.90 bits per heavy atom. The van der Waals surface area contributed by atoms with E-state index in [0.717, 1.165) is 25.9 Å². The van der Waals surface area contributed by atoms with Gasteiger partial charge in [-0.2, -0.15) is 13.2 Å². The van der Waals surface area contributed by atoms with E-state index in [4.69, 9.17) is 0 Å². The van der Waals surface area contributed by atoms with E-state index in [0.29, 0.717) is 38.5 Å². The van der Waals surface area contributed by atoms with Gasteiger partial charge in [0.05, 0.1) is 6.54 Å². The van der Waals surface area contributed by atoms with E-state index in [1.54, 1.807) is 4.90 Å². The third-order valence-electron chi connectivity index (χ3n) is 3.99. The summed E-state index contributed by atoms with van der Waals surface area (Å²) in [5.74, 6) is 0.467. The van der Waals surface area contributed by atoms with E-state index in [9.17, 15) is 18.0 Å². The Balaban J connectivity index is 1.71. The topological polar surface area (TPSA) is 35.6 Å². The first-order valence-corrected chi connectivity index (χ1v) is 7.21. The average molecular weight is 293 g/mol. The molecular weight excluding hydrogens is 271 g/mol. The summed E-state index contributed by atoms with van der Waals surface area (Å²) in [5, 5.41) is 3.27. The number of carbonyl (C=O) groups excluding carboxylic acids is 1. The van der Waals surface area contributed by atoms with Gasteiger partial charge in [0.1, 0.15) is 0 Å². The van der Waals surface area contributed by atoms with Crippen molar-refractivity contribution >= 4 is 5.91 Å². The summed E-state index contributed by atoms with van der Waals surface area (Å²) >= 11 is 0. The van der Waals surface area contributed by atoms with E-state index in [1.807, 2.05) is 0 Å². The second-order valence-corrected chi connectivity index (χ2v) is 5.69. The van der Waals surface area contributed by atoms with Crippen LogP contribution in [-0.4, -0.2) is 67.7 Å². The van der Waals surface area contributed by atoms with Crippen LogP contribution < -0.4 is 5.32 Å². The third kappa shape index (κ3) is 4.94. The predicted octanol–water partition coefficient (Wildman–Crippen LogP) is 1.08. The molecule has 2 heterocycles. The first kappa shape index (κ1) is 15.6. The third-order valence-corrected chi connectivity index (χ3v) is 3.99. The zero-order valence-electron chi connectivity index (χ0n) is 11.6. The number of alkyl halides is 3. The summed E-state index contributed by atoms with van der Waals surface area (Å²) in [6, 6.07) is 0. The van der Waals surface area contributed by atoms with Crippen molar-refractivity contribution in [3.8, 4) is 0 Å². The van der Waals surface area contributed by atoms with Crippen molar-refractivity contribution < 1.29 is 18.0 Å². The average Bonchev–Trinajstić information content (AvgIpc) is 2.39. The molecule has 2 aliphatic rings. The molecule has 0 bridgehead atoms. The van der Waals surface area contributed by atoms with Gasteiger partial charge in [0.15, 0.2) is 0 Å². The van der Waals surface area contributed by atoms with Crippen molar-refractivity contribution in [2.24, 2.45) is 5.92 Å². The highest BCUT2D eigenvalue weighted by Crippen LogP contribution is 2.19. The van der Waals surface area contributed by atoms with Gasteiger partial charge in [0.2, 0.25) is 5.91 Å². The molecule has 0 spiro atoms. The Morgan fingerprint density at radius 3 is 2.45 bits per heavy atom. The highest BCUT2D eigenvalue weighted by Gasteiger charge is 2.33. The van der Waals surface area contributed by atoms with Gasteiger partial charge in [-0.15, -0.1) is 0 Å². The molecule has 1 amide bonds. The van der Waals surface area contributed by atoms with Gasteiger partial charge in [0.25, 0.3) is 0 Å². The van der Waals surface area contributed by atoms with Gasteiger partial charge in [-0.1, -0.05) is 0 Å². The SMILES string of the molecule is O=C(CC1CCCNC1)N1CCN(CC(F)(F)F)CC1. The van der Waals surface area contributed by atoms with Crippen LogP contribution in [0.5, 0.6) is 0 Å². The lowest BCUT2D eigenvalue weighted by Gasteiger charge is -2.36. The number of rotatable bonds is 3. The fourth-order valence-electron chi connectivity index (χ4n) is 2.88. The lowest BCUT2D eigenvalue weighted by Crippen LogP contribution is -2.51. The minimum atomic E-state index is -4.15. The molecule has 1 N–H and O–H groups in total. The Labute approximate surface area is 117 Å². The molecule has 1 atom stereocenters. The van der Waals surface area contributed by atoms with Gasteiger partial charge in [-0.3, -0.25) is 9.69 Å². The van der Waals surface area contributed by atoms with Crippen molar-refractivity contribution in [1.82, 2.24) is 15.1 Å². The summed E-state index contributed by atoms with van der Waals surface area (Å²) in [7, 11) is 0. The molecule has 0 saturated carbocycles. The second kappa shape index (κ2) is 6.76. The van der Waals surface area contributed by atoms with E-state index in [-0.39, 0.29) is 5.91 Å². The number of hydrogen-bond acceptors (Lipinski definition) is 3. The van der Waals surface area contributed by atoms with Crippen LogP contribution in [0.2, 0.25) is 0 Å². The highest BCUT2D eigenvalue weighted by molar-refractivity contribution is 5.76. The molecule has 2 fully saturated rings. The molecule has 0 aromatic rings. The summed E-state index contributed by atoms with van der Waals surface area (Å²) in [5.41, 5.74) is 0. The zero-order chi connectivity index (χ0) is 14.6. The minimum absolute atomic E-state index is 0.0883. The van der Waals surface area contributed by atoms with Crippen LogP contribution in [-0.2, 0) is 4.79 Å². The Hall–Kier alpha value is -0.820. The highest BCUT2D eigenvalue weighted by atomic mass is 19.4. The van der Waals surface area contributed by atoms with E-state index >= 15 is 0 Å². The minimum Gasteiger partial charge on any atom is -0.340 e. The summed E-state index contributed by atoms with van der Waals surface area (Å²) in [6.45, 7) is 2.47. The van der Waals surface area contributed by atoms with Crippen LogP contribution in [0.1, 0.15) is 19.3 Å². The quantitative estimate of drug-likeness (QED) is 0.846. The molecule has 0 aliphatic carbocycles. The van der Waals surface area contributed by atoms with Crippen LogP contribution in [0.3, 0.4) is 0 Å². The number of nitrogens with one attached hydrogen (secondary N) is 1. The number of amides is 1. The first-order valence-electron chi connectivity index (χ1n) is 7.21. The maximum absolute atomic E-state index is 12.3. The summed E-state index contributed by atoms with van der Waals surface area (Å²) in [4.78, 5) is 15.2. The standard InChI is InChI=1S/C13H22F3N3O/c14-13(15,16)10-18-4-6-19(7-5-18)12(20)8-11-2-1-3-17-9-11/h11,17H,1-10H2. The van der Waals surface area contributed by atoms with Gasteiger partial charge in [-0.25, -0.2) is 0 Å². The first-order chi connectivity index (χ1) is 9.44. The summed E-state index contributed by atoms with van der Waals surface area (Å²) in [6.07, 6.45) is -1.48. The van der Waals surface area contributed by atoms with Crippen LogP contribution in [0.15, 0.2) is 0 Å². The van der Waals surface area contributed by atoms with Crippen molar-refractivity contribution in [1.29, 1.82) is 0 Å². The summed E-state index contributed by atoms with van der Waals surface area (Å²) < 4.78 is 36.8. The molecule has 0 radical (unpaired) electrons. The normalized spacial score (nSPS) is 25.8. The Kier molecular flexibility index (Phi) is 5.26. The van der Waals surface area contributed by atoms with Crippen molar-refractivity contribution in [3.63, 3.8) is 0 Å². The molecule has 20 heavy (non-hydrogen) atoms. The lowest BCUT2D eigenvalue weighted by atomic mass is 9.95. The Bertz CT molecular complexity index is 321. The van der Waals surface area contributed by atoms with Crippen LogP contribution in [0.4, 0.5) is 13.2 Å². The molecule has 2 aliphatic heterocycles. The number of hydrogen-bond donors (Lipinski definition) is 1. The number of halogens is 3. The van der Waals surface area contributed by atoms with E-state index < -0.39 is 12.7 Å². The number of piperidine rings is 1. The zero-order valence-corrected chi connectivity index (χ0v) is 11.6.